The highest BCUT2D eigenvalue weighted by molar-refractivity contribution is 7.99. The monoisotopic (exact) mass is 489 g/mol. The van der Waals surface area contributed by atoms with E-state index in [0.717, 1.165) is 75.5 Å². The zero-order valence-corrected chi connectivity index (χ0v) is 21.5. The van der Waals surface area contributed by atoms with Crippen LogP contribution >= 0.6 is 23.1 Å². The van der Waals surface area contributed by atoms with Gasteiger partial charge in [-0.3, -0.25) is 9.98 Å². The van der Waals surface area contributed by atoms with Crippen molar-refractivity contribution in [3.05, 3.63) is 65.1 Å². The van der Waals surface area contributed by atoms with Crippen molar-refractivity contribution in [3.63, 3.8) is 0 Å². The van der Waals surface area contributed by atoms with Crippen molar-refractivity contribution in [2.45, 2.75) is 39.2 Å². The second-order valence-electron chi connectivity index (χ2n) is 8.85. The first-order valence-corrected chi connectivity index (χ1v) is 13.9. The van der Waals surface area contributed by atoms with Crippen LogP contribution in [0.25, 0.3) is 27.0 Å². The van der Waals surface area contributed by atoms with Gasteiger partial charge in [-0.1, -0.05) is 24.3 Å². The van der Waals surface area contributed by atoms with Crippen LogP contribution in [0.1, 0.15) is 36.8 Å². The Morgan fingerprint density at radius 1 is 1.21 bits per heavy atom. The predicted octanol–water partition coefficient (Wildman–Crippen LogP) is 5.91. The fraction of sp³-hybridized carbons (Fsp3) is 0.370. The van der Waals surface area contributed by atoms with Gasteiger partial charge in [0.15, 0.2) is 0 Å². The summed E-state index contributed by atoms with van der Waals surface area (Å²) in [5, 5.41) is 3.26. The van der Waals surface area contributed by atoms with Gasteiger partial charge in [0, 0.05) is 59.8 Å². The van der Waals surface area contributed by atoms with Gasteiger partial charge in [0.1, 0.15) is 0 Å². The zero-order chi connectivity index (χ0) is 23.5. The van der Waals surface area contributed by atoms with E-state index >= 15 is 0 Å². The van der Waals surface area contributed by atoms with Gasteiger partial charge in [-0.15, -0.1) is 11.3 Å². The summed E-state index contributed by atoms with van der Waals surface area (Å²) in [5.41, 5.74) is 12.1. The van der Waals surface area contributed by atoms with Gasteiger partial charge in [-0.2, -0.15) is 11.8 Å². The third-order valence-corrected chi connectivity index (χ3v) is 8.47. The molecule has 2 aliphatic heterocycles. The molecule has 0 radical (unpaired) electrons. The van der Waals surface area contributed by atoms with Crippen molar-refractivity contribution in [1.82, 2.24) is 14.9 Å². The molecule has 176 valence electrons. The average molecular weight is 490 g/mol. The predicted molar refractivity (Wildman–Crippen MR) is 147 cm³/mol. The highest BCUT2D eigenvalue weighted by Crippen LogP contribution is 2.31. The Hall–Kier alpha value is -2.64. The Kier molecular flexibility index (Phi) is 7.02. The van der Waals surface area contributed by atoms with Crippen molar-refractivity contribution < 1.29 is 0 Å². The Morgan fingerprint density at radius 2 is 2.06 bits per heavy atom. The van der Waals surface area contributed by atoms with Crippen molar-refractivity contribution in [2.24, 2.45) is 10.7 Å². The molecule has 0 amide bonds. The van der Waals surface area contributed by atoms with Gasteiger partial charge in [0.25, 0.3) is 0 Å². The van der Waals surface area contributed by atoms with E-state index in [2.05, 4.69) is 53.3 Å². The number of allylic oxidation sites excluding steroid dienone is 1. The number of thioether (sulfide) groups is 1. The molecule has 0 saturated carbocycles. The molecule has 0 spiro atoms. The smallest absolute Gasteiger partial charge is 0.0901 e. The molecule has 4 heterocycles. The number of nitrogens with zero attached hydrogens (tertiary/aromatic N) is 4. The van der Waals surface area contributed by atoms with E-state index in [9.17, 15) is 0 Å². The number of hydrogen-bond acceptors (Lipinski definition) is 7. The zero-order valence-electron chi connectivity index (χ0n) is 19.8. The Bertz CT molecular complexity index is 1270. The number of piperidine rings is 1. The summed E-state index contributed by atoms with van der Waals surface area (Å²) in [6, 6.07) is 8.91. The number of hydrogen-bond donors (Lipinski definition) is 1. The van der Waals surface area contributed by atoms with Crippen LogP contribution in [0.15, 0.2) is 59.5 Å². The molecule has 5 rings (SSSR count). The number of aryl methyl sites for hydroxylation is 1. The van der Waals surface area contributed by atoms with Gasteiger partial charge in [0.05, 0.1) is 21.6 Å². The quantitative estimate of drug-likeness (QED) is 0.493. The van der Waals surface area contributed by atoms with Crippen LogP contribution in [0.2, 0.25) is 0 Å². The minimum Gasteiger partial charge on any atom is -0.398 e. The maximum absolute atomic E-state index is 6.95. The largest absolute Gasteiger partial charge is 0.398 e. The van der Waals surface area contributed by atoms with Crippen molar-refractivity contribution in [3.8, 4) is 10.6 Å². The first-order chi connectivity index (χ1) is 16.6. The molecule has 7 heteroatoms. The lowest BCUT2D eigenvalue weighted by Gasteiger charge is -2.31. The first kappa shape index (κ1) is 23.1. The molecule has 2 aromatic heterocycles. The summed E-state index contributed by atoms with van der Waals surface area (Å²) in [6.07, 6.45) is 11.4. The summed E-state index contributed by atoms with van der Waals surface area (Å²) in [7, 11) is 0. The minimum absolute atomic E-state index is 0.423. The molecule has 0 unspecified atom stereocenters. The standard InChI is InChI=1S/C27H31N5S2/c1-3-10-32-11-7-24(31-20-8-12-33-13-9-20)23(17-32)27(28)21-6-4-5-19-14-25(30-15-22(19)21)26-16-29-18(2)34-26/h3-6,10,14-16,20H,7-9,11-13,17,28H2,1-2H3/b10-3-,27-23?,31-24?. The number of pyridine rings is 1. The normalized spacial score (nSPS) is 20.5. The van der Waals surface area contributed by atoms with E-state index in [4.69, 9.17) is 15.7 Å². The number of rotatable bonds is 4. The third kappa shape index (κ3) is 4.91. The molecule has 2 aliphatic rings. The SMILES string of the molecule is C/C=C\N1CCC(=NC2CCSCC2)C(=C(N)c2cccc3cc(-c4cnc(C)s4)ncc23)C1. The fourth-order valence-corrected chi connectivity index (χ4v) is 6.54. The highest BCUT2D eigenvalue weighted by Gasteiger charge is 2.24. The Morgan fingerprint density at radius 3 is 2.82 bits per heavy atom. The molecule has 0 atom stereocenters. The number of nitrogens with two attached hydrogens (primary N) is 1. The fourth-order valence-electron chi connectivity index (χ4n) is 4.71. The molecular formula is C27H31N5S2. The van der Waals surface area contributed by atoms with Gasteiger partial charge < -0.3 is 10.6 Å². The lowest BCUT2D eigenvalue weighted by Crippen LogP contribution is -2.34. The molecule has 2 N–H and O–H groups in total. The maximum atomic E-state index is 6.95. The molecule has 34 heavy (non-hydrogen) atoms. The van der Waals surface area contributed by atoms with Crippen LogP contribution in [0, 0.1) is 6.92 Å². The molecule has 2 saturated heterocycles. The number of thiazole rings is 1. The van der Waals surface area contributed by atoms with Crippen LogP contribution in [0.3, 0.4) is 0 Å². The minimum atomic E-state index is 0.423. The number of aliphatic imine (C=N–C) groups is 1. The third-order valence-electron chi connectivity index (χ3n) is 6.49. The number of likely N-dealkylation sites (tertiary alicyclic amines) is 1. The summed E-state index contributed by atoms with van der Waals surface area (Å²) in [5.74, 6) is 2.41. The number of aromatic nitrogens is 2. The molecule has 2 fully saturated rings. The number of fused-ring (bicyclic) bond motifs is 1. The van der Waals surface area contributed by atoms with E-state index in [-0.39, 0.29) is 0 Å². The van der Waals surface area contributed by atoms with E-state index in [1.165, 1.54) is 17.2 Å². The van der Waals surface area contributed by atoms with Gasteiger partial charge >= 0.3 is 0 Å². The van der Waals surface area contributed by atoms with Crippen molar-refractivity contribution >= 4 is 45.3 Å². The van der Waals surface area contributed by atoms with Gasteiger partial charge in [-0.25, -0.2) is 4.98 Å². The van der Waals surface area contributed by atoms with Crippen LogP contribution < -0.4 is 5.73 Å². The molecule has 3 aromatic rings. The summed E-state index contributed by atoms with van der Waals surface area (Å²) in [4.78, 5) is 17.8. The second-order valence-corrected chi connectivity index (χ2v) is 11.3. The van der Waals surface area contributed by atoms with Crippen LogP contribution in [-0.4, -0.2) is 51.2 Å². The Balaban J connectivity index is 1.57. The summed E-state index contributed by atoms with van der Waals surface area (Å²) < 4.78 is 0. The van der Waals surface area contributed by atoms with Crippen molar-refractivity contribution in [2.75, 3.05) is 24.6 Å². The van der Waals surface area contributed by atoms with Crippen LogP contribution in [0.5, 0.6) is 0 Å². The maximum Gasteiger partial charge on any atom is 0.0901 e. The van der Waals surface area contributed by atoms with Gasteiger partial charge in [-0.05, 0) is 55.8 Å². The Labute approximate surface area is 209 Å². The first-order valence-electron chi connectivity index (χ1n) is 11.9. The summed E-state index contributed by atoms with van der Waals surface area (Å²) in [6.45, 7) is 5.86. The van der Waals surface area contributed by atoms with E-state index in [1.54, 1.807) is 11.3 Å². The highest BCUT2D eigenvalue weighted by atomic mass is 32.2. The lowest BCUT2D eigenvalue weighted by atomic mass is 9.94. The average Bonchev–Trinajstić information content (AvgIpc) is 3.31. The topological polar surface area (TPSA) is 67.4 Å². The molecule has 0 aliphatic carbocycles. The lowest BCUT2D eigenvalue weighted by molar-refractivity contribution is 0.407. The molecule has 0 bridgehead atoms. The molecule has 5 nitrogen and oxygen atoms in total. The molecule has 1 aromatic carbocycles. The van der Waals surface area contributed by atoms with Crippen LogP contribution in [-0.2, 0) is 0 Å². The van der Waals surface area contributed by atoms with E-state index in [0.29, 0.717) is 6.04 Å². The van der Waals surface area contributed by atoms with Crippen molar-refractivity contribution in [1.29, 1.82) is 0 Å². The summed E-state index contributed by atoms with van der Waals surface area (Å²) >= 11 is 3.71. The van der Waals surface area contributed by atoms with E-state index < -0.39 is 0 Å². The van der Waals surface area contributed by atoms with E-state index in [1.807, 2.05) is 31.1 Å². The van der Waals surface area contributed by atoms with Crippen LogP contribution in [0.4, 0.5) is 0 Å². The number of benzene rings is 1. The van der Waals surface area contributed by atoms with Gasteiger partial charge in [0.2, 0.25) is 0 Å². The molecular weight excluding hydrogens is 458 g/mol. The second kappa shape index (κ2) is 10.3.